The van der Waals surface area contributed by atoms with Crippen molar-refractivity contribution < 1.29 is 4.74 Å². The predicted molar refractivity (Wildman–Crippen MR) is 60.9 cm³/mol. The molecule has 0 amide bonds. The van der Waals surface area contributed by atoms with Gasteiger partial charge in [0, 0.05) is 17.8 Å². The lowest BCUT2D eigenvalue weighted by Crippen LogP contribution is -2.13. The molecule has 0 saturated heterocycles. The molecule has 1 atom stereocenters. The van der Waals surface area contributed by atoms with Crippen LogP contribution in [0.15, 0.2) is 24.3 Å². The molecule has 3 nitrogen and oxygen atoms in total. The Morgan fingerprint density at radius 3 is 3.00 bits per heavy atom. The number of ether oxygens (including phenoxy) is 1. The van der Waals surface area contributed by atoms with E-state index in [0.29, 0.717) is 6.04 Å². The van der Waals surface area contributed by atoms with Crippen molar-refractivity contribution in [3.63, 3.8) is 0 Å². The van der Waals surface area contributed by atoms with Crippen molar-refractivity contribution in [3.05, 3.63) is 24.3 Å². The number of benzene rings is 1. The van der Waals surface area contributed by atoms with E-state index in [1.807, 2.05) is 30.3 Å². The largest absolute Gasteiger partial charge is 0.479 e. The molecule has 1 N–H and O–H groups in total. The number of nitrogens with one attached hydrogen (secondary N) is 1. The minimum atomic E-state index is 0.0901. The van der Waals surface area contributed by atoms with Gasteiger partial charge in [-0.25, -0.2) is 0 Å². The van der Waals surface area contributed by atoms with E-state index in [9.17, 15) is 0 Å². The number of nitrogens with zero attached hydrogens (tertiary/aromatic N) is 1. The maximum absolute atomic E-state index is 8.39. The molecule has 1 aromatic rings. The molecule has 0 fully saturated rings. The second kappa shape index (κ2) is 5.92. The zero-order valence-electron chi connectivity index (χ0n) is 9.16. The molecule has 0 saturated carbocycles. The van der Waals surface area contributed by atoms with E-state index in [2.05, 4.69) is 19.2 Å². The highest BCUT2D eigenvalue weighted by Gasteiger charge is 2.00. The van der Waals surface area contributed by atoms with Crippen LogP contribution >= 0.6 is 0 Å². The van der Waals surface area contributed by atoms with E-state index < -0.39 is 0 Å². The molecule has 1 rings (SSSR count). The molecule has 1 unspecified atom stereocenters. The third kappa shape index (κ3) is 3.90. The summed E-state index contributed by atoms with van der Waals surface area (Å²) in [5.74, 6) is 0.727. The van der Waals surface area contributed by atoms with Gasteiger partial charge >= 0.3 is 0 Å². The van der Waals surface area contributed by atoms with Crippen LogP contribution in [0, 0.1) is 11.3 Å². The smallest absolute Gasteiger partial charge is 0.174 e. The summed E-state index contributed by atoms with van der Waals surface area (Å²) >= 11 is 0. The summed E-state index contributed by atoms with van der Waals surface area (Å²) in [5.41, 5.74) is 1.03. The zero-order valence-corrected chi connectivity index (χ0v) is 9.16. The van der Waals surface area contributed by atoms with E-state index in [1.54, 1.807) is 0 Å². The van der Waals surface area contributed by atoms with Gasteiger partial charge in [0.05, 0.1) is 0 Å². The molecule has 0 aromatic heterocycles. The molecule has 0 radical (unpaired) electrons. The van der Waals surface area contributed by atoms with Crippen LogP contribution in [0.25, 0.3) is 0 Å². The quantitative estimate of drug-likeness (QED) is 0.802. The van der Waals surface area contributed by atoms with Gasteiger partial charge in [-0.1, -0.05) is 13.0 Å². The fraction of sp³-hybridized carbons (Fsp3) is 0.417. The summed E-state index contributed by atoms with van der Waals surface area (Å²) in [7, 11) is 0. The Bertz CT molecular complexity index is 344. The fourth-order valence-electron chi connectivity index (χ4n) is 1.18. The van der Waals surface area contributed by atoms with Crippen molar-refractivity contribution in [1.29, 1.82) is 5.26 Å². The molecule has 1 aromatic carbocycles. The van der Waals surface area contributed by atoms with Gasteiger partial charge in [-0.15, -0.1) is 0 Å². The van der Waals surface area contributed by atoms with E-state index in [4.69, 9.17) is 10.00 Å². The molecule has 0 aliphatic carbocycles. The van der Waals surface area contributed by atoms with E-state index in [0.717, 1.165) is 17.9 Å². The molecule has 0 heterocycles. The first-order chi connectivity index (χ1) is 7.26. The van der Waals surface area contributed by atoms with Gasteiger partial charge < -0.3 is 10.1 Å². The third-order valence-corrected chi connectivity index (χ3v) is 2.16. The van der Waals surface area contributed by atoms with Gasteiger partial charge in [-0.3, -0.25) is 0 Å². The number of nitriles is 1. The highest BCUT2D eigenvalue weighted by atomic mass is 16.5. The molecule has 0 spiro atoms. The number of hydrogen-bond donors (Lipinski definition) is 1. The average Bonchev–Trinajstić information content (AvgIpc) is 2.26. The Labute approximate surface area is 90.7 Å². The van der Waals surface area contributed by atoms with Crippen LogP contribution in [0.3, 0.4) is 0 Å². The first-order valence-electron chi connectivity index (χ1n) is 5.12. The first kappa shape index (κ1) is 11.4. The van der Waals surface area contributed by atoms with Gasteiger partial charge in [0.2, 0.25) is 0 Å². The maximum Gasteiger partial charge on any atom is 0.174 e. The molecule has 80 valence electrons. The van der Waals surface area contributed by atoms with Crippen LogP contribution in [-0.4, -0.2) is 12.6 Å². The van der Waals surface area contributed by atoms with Crippen molar-refractivity contribution in [3.8, 4) is 11.8 Å². The SMILES string of the molecule is CCC(C)Nc1cccc(OCC#N)c1. The van der Waals surface area contributed by atoms with E-state index >= 15 is 0 Å². The van der Waals surface area contributed by atoms with Crippen molar-refractivity contribution >= 4 is 5.69 Å². The molecular formula is C12H16N2O. The number of anilines is 1. The normalized spacial score (nSPS) is 11.5. The summed E-state index contributed by atoms with van der Waals surface area (Å²) in [6.07, 6.45) is 1.07. The van der Waals surface area contributed by atoms with Crippen LogP contribution < -0.4 is 10.1 Å². The zero-order chi connectivity index (χ0) is 11.1. The monoisotopic (exact) mass is 204 g/mol. The first-order valence-corrected chi connectivity index (χ1v) is 5.12. The van der Waals surface area contributed by atoms with Crippen molar-refractivity contribution in [1.82, 2.24) is 0 Å². The van der Waals surface area contributed by atoms with Crippen LogP contribution in [0.4, 0.5) is 5.69 Å². The third-order valence-electron chi connectivity index (χ3n) is 2.16. The molecule has 15 heavy (non-hydrogen) atoms. The molecule has 0 aliphatic rings. The molecule has 0 aliphatic heterocycles. The Morgan fingerprint density at radius 1 is 1.53 bits per heavy atom. The molecular weight excluding hydrogens is 188 g/mol. The Kier molecular flexibility index (Phi) is 4.49. The lowest BCUT2D eigenvalue weighted by Gasteiger charge is -2.13. The second-order valence-electron chi connectivity index (χ2n) is 3.43. The summed E-state index contributed by atoms with van der Waals surface area (Å²) in [4.78, 5) is 0. The Morgan fingerprint density at radius 2 is 2.33 bits per heavy atom. The van der Waals surface area contributed by atoms with Crippen LogP contribution in [0.5, 0.6) is 5.75 Å². The minimum Gasteiger partial charge on any atom is -0.479 e. The Balaban J connectivity index is 2.62. The van der Waals surface area contributed by atoms with Gasteiger partial charge in [-0.05, 0) is 25.5 Å². The highest BCUT2D eigenvalue weighted by molar-refractivity contribution is 5.48. The second-order valence-corrected chi connectivity index (χ2v) is 3.43. The van der Waals surface area contributed by atoms with Crippen LogP contribution in [0.1, 0.15) is 20.3 Å². The molecule has 3 heteroatoms. The maximum atomic E-state index is 8.39. The summed E-state index contributed by atoms with van der Waals surface area (Å²) in [5, 5.41) is 11.7. The Hall–Kier alpha value is -1.69. The molecule has 0 bridgehead atoms. The number of hydrogen-bond acceptors (Lipinski definition) is 3. The summed E-state index contributed by atoms with van der Waals surface area (Å²) in [6.45, 7) is 4.35. The van der Waals surface area contributed by atoms with E-state index in [-0.39, 0.29) is 6.61 Å². The lowest BCUT2D eigenvalue weighted by molar-refractivity contribution is 0.368. The lowest BCUT2D eigenvalue weighted by atomic mass is 10.2. The van der Waals surface area contributed by atoms with Crippen molar-refractivity contribution in [2.45, 2.75) is 26.3 Å². The van der Waals surface area contributed by atoms with E-state index in [1.165, 1.54) is 0 Å². The van der Waals surface area contributed by atoms with Gasteiger partial charge in [-0.2, -0.15) is 5.26 Å². The summed E-state index contributed by atoms with van der Waals surface area (Å²) in [6, 6.07) is 10.0. The standard InChI is InChI=1S/C12H16N2O/c1-3-10(2)14-11-5-4-6-12(9-11)15-8-7-13/h4-6,9-10,14H,3,8H2,1-2H3. The predicted octanol–water partition coefficient (Wildman–Crippen LogP) is 2.80. The summed E-state index contributed by atoms with van der Waals surface area (Å²) < 4.78 is 5.21. The van der Waals surface area contributed by atoms with Gasteiger partial charge in [0.15, 0.2) is 6.61 Å². The minimum absolute atomic E-state index is 0.0901. The van der Waals surface area contributed by atoms with Crippen LogP contribution in [-0.2, 0) is 0 Å². The van der Waals surface area contributed by atoms with Crippen LogP contribution in [0.2, 0.25) is 0 Å². The highest BCUT2D eigenvalue weighted by Crippen LogP contribution is 2.18. The fourth-order valence-corrected chi connectivity index (χ4v) is 1.18. The topological polar surface area (TPSA) is 45.0 Å². The average molecular weight is 204 g/mol. The van der Waals surface area contributed by atoms with Gasteiger partial charge in [0.1, 0.15) is 11.8 Å². The number of rotatable bonds is 5. The van der Waals surface area contributed by atoms with Crippen molar-refractivity contribution in [2.24, 2.45) is 0 Å². The van der Waals surface area contributed by atoms with Gasteiger partial charge in [0.25, 0.3) is 0 Å². The van der Waals surface area contributed by atoms with Crippen molar-refractivity contribution in [2.75, 3.05) is 11.9 Å².